The predicted octanol–water partition coefficient (Wildman–Crippen LogP) is 0.495. The molecular weight excluding hydrogens is 397 g/mol. The summed E-state index contributed by atoms with van der Waals surface area (Å²) >= 11 is 5.16. The van der Waals surface area contributed by atoms with Crippen LogP contribution in [0.2, 0.25) is 0 Å². The van der Waals surface area contributed by atoms with Crippen molar-refractivity contribution < 1.29 is 32.2 Å². The number of aliphatic hydroxyl groups is 1. The zero-order valence-corrected chi connectivity index (χ0v) is 15.4. The Hall–Kier alpha value is -1.01. The summed E-state index contributed by atoms with van der Waals surface area (Å²) in [5.74, 6) is 0. The highest BCUT2D eigenvalue weighted by Gasteiger charge is 2.66. The van der Waals surface area contributed by atoms with Crippen LogP contribution in [0.4, 0.5) is 8.78 Å². The molecule has 13 heteroatoms. The Morgan fingerprint density at radius 1 is 1.50 bits per heavy atom. The molecule has 3 heterocycles. The lowest BCUT2D eigenvalue weighted by Gasteiger charge is -2.41. The number of H-pyrrole nitrogens is 1. The maximum atomic E-state index is 13.8. The molecule has 0 spiro atoms. The monoisotopic (exact) mass is 414 g/mol. The number of hydrogen-bond donors (Lipinski definition) is 2. The molecule has 2 fully saturated rings. The fourth-order valence-corrected chi connectivity index (χ4v) is 5.40. The molecule has 0 bridgehead atoms. The molecule has 2 aliphatic heterocycles. The number of nitrogens with one attached hydrogen (secondary N) is 1. The van der Waals surface area contributed by atoms with E-state index < -0.39 is 61.1 Å². The molecule has 5 atom stereocenters. The first kappa shape index (κ1) is 19.7. The van der Waals surface area contributed by atoms with E-state index in [9.17, 15) is 23.5 Å². The lowest BCUT2D eigenvalue weighted by atomic mass is 9.96. The summed E-state index contributed by atoms with van der Waals surface area (Å²) in [7, 11) is 0. The van der Waals surface area contributed by atoms with Crippen LogP contribution in [0.1, 0.15) is 20.1 Å². The normalized spacial score (nSPS) is 37.3. The number of hydrogen-bond acceptors (Lipinski definition) is 8. The van der Waals surface area contributed by atoms with Gasteiger partial charge in [0.2, 0.25) is 0 Å². The highest BCUT2D eigenvalue weighted by molar-refractivity contribution is 8.07. The zero-order chi connectivity index (χ0) is 19.3. The molecule has 2 saturated heterocycles. The lowest BCUT2D eigenvalue weighted by Crippen LogP contribution is -2.56. The van der Waals surface area contributed by atoms with Crippen LogP contribution in [0, 0.1) is 0 Å². The van der Waals surface area contributed by atoms with Crippen LogP contribution in [0.15, 0.2) is 21.9 Å². The van der Waals surface area contributed by atoms with E-state index in [1.165, 1.54) is 0 Å². The van der Waals surface area contributed by atoms with Gasteiger partial charge in [0, 0.05) is 12.3 Å². The van der Waals surface area contributed by atoms with Crippen molar-refractivity contribution in [2.24, 2.45) is 0 Å². The number of aromatic nitrogens is 2. The van der Waals surface area contributed by atoms with E-state index in [1.54, 1.807) is 13.8 Å². The fraction of sp³-hybridized carbons (Fsp3) is 0.692. The van der Waals surface area contributed by atoms with Crippen LogP contribution in [0.25, 0.3) is 0 Å². The number of halogens is 2. The second kappa shape index (κ2) is 6.86. The SMILES string of the molecule is CC(C)OP1(=S)OC[C@]2(C(F)F)O[C@H](n3ccc(=O)[nH]c3=O)[C@H](O)[C@H]2O1. The summed E-state index contributed by atoms with van der Waals surface area (Å²) in [4.78, 5) is 25.1. The smallest absolute Gasteiger partial charge is 0.330 e. The maximum absolute atomic E-state index is 13.8. The van der Waals surface area contributed by atoms with Crippen LogP contribution in [0.3, 0.4) is 0 Å². The van der Waals surface area contributed by atoms with Gasteiger partial charge >= 0.3 is 12.4 Å². The number of fused-ring (bicyclic) bond motifs is 1. The van der Waals surface area contributed by atoms with Gasteiger partial charge in [-0.05, 0) is 25.7 Å². The van der Waals surface area contributed by atoms with Crippen LogP contribution in [-0.4, -0.2) is 51.6 Å². The maximum Gasteiger partial charge on any atom is 0.330 e. The molecule has 1 aromatic heterocycles. The molecule has 0 amide bonds. The standard InChI is InChI=1S/C13H17F2N2O7PS/c1-6(2)23-25(26)21-5-13(11(14)15)9(24-25)8(19)10(22-13)17-4-3-7(18)16-12(17)20/h3-4,6,8-11,19H,5H2,1-2H3,(H,16,18,20)/t8-,9-,10+,13+,25?/m1/s1. The van der Waals surface area contributed by atoms with Gasteiger partial charge in [-0.25, -0.2) is 13.6 Å². The molecule has 26 heavy (non-hydrogen) atoms. The van der Waals surface area contributed by atoms with E-state index in [1.807, 2.05) is 4.98 Å². The molecule has 9 nitrogen and oxygen atoms in total. The molecule has 0 saturated carbocycles. The average molecular weight is 414 g/mol. The van der Waals surface area contributed by atoms with Gasteiger partial charge in [-0.3, -0.25) is 18.9 Å². The number of ether oxygens (including phenoxy) is 1. The van der Waals surface area contributed by atoms with Crippen LogP contribution in [-0.2, 0) is 30.1 Å². The highest BCUT2D eigenvalue weighted by atomic mass is 32.5. The van der Waals surface area contributed by atoms with Crippen molar-refractivity contribution in [1.29, 1.82) is 0 Å². The third kappa shape index (κ3) is 3.31. The summed E-state index contributed by atoms with van der Waals surface area (Å²) < 4.78 is 49.8. The van der Waals surface area contributed by atoms with E-state index in [2.05, 4.69) is 0 Å². The lowest BCUT2D eigenvalue weighted by molar-refractivity contribution is -0.204. The van der Waals surface area contributed by atoms with Gasteiger partial charge in [-0.2, -0.15) is 0 Å². The first-order valence-electron chi connectivity index (χ1n) is 7.65. The van der Waals surface area contributed by atoms with Crippen molar-refractivity contribution in [3.8, 4) is 0 Å². The van der Waals surface area contributed by atoms with Gasteiger partial charge in [0.15, 0.2) is 11.8 Å². The summed E-state index contributed by atoms with van der Waals surface area (Å²) in [5, 5.41) is 10.5. The van der Waals surface area contributed by atoms with E-state index in [0.29, 0.717) is 0 Å². The third-order valence-electron chi connectivity index (χ3n) is 3.95. The highest BCUT2D eigenvalue weighted by Crippen LogP contribution is 2.61. The summed E-state index contributed by atoms with van der Waals surface area (Å²) in [6.45, 7) is -0.724. The Morgan fingerprint density at radius 3 is 2.77 bits per heavy atom. The second-order valence-corrected chi connectivity index (χ2v) is 9.09. The van der Waals surface area contributed by atoms with Gasteiger partial charge in [0.1, 0.15) is 12.2 Å². The fourth-order valence-electron chi connectivity index (χ4n) is 2.82. The number of aliphatic hydroxyl groups excluding tert-OH is 1. The van der Waals surface area contributed by atoms with E-state index in [4.69, 9.17) is 30.1 Å². The number of aromatic amines is 1. The Morgan fingerprint density at radius 2 is 2.19 bits per heavy atom. The van der Waals surface area contributed by atoms with Gasteiger partial charge in [0.05, 0.1) is 12.7 Å². The molecule has 146 valence electrons. The topological polar surface area (TPSA) is 112 Å². The average Bonchev–Trinajstić information content (AvgIpc) is 2.80. The molecule has 3 rings (SSSR count). The predicted molar refractivity (Wildman–Crippen MR) is 87.5 cm³/mol. The Bertz CT molecular complexity index is 846. The molecule has 0 radical (unpaired) electrons. The van der Waals surface area contributed by atoms with Crippen LogP contribution >= 0.6 is 6.72 Å². The van der Waals surface area contributed by atoms with Crippen LogP contribution in [0.5, 0.6) is 0 Å². The Kier molecular flexibility index (Phi) is 5.21. The molecular formula is C13H17F2N2O7PS. The minimum absolute atomic E-state index is 0.392. The van der Waals surface area contributed by atoms with Gasteiger partial charge in [0.25, 0.3) is 12.0 Å². The van der Waals surface area contributed by atoms with Crippen molar-refractivity contribution in [2.75, 3.05) is 6.61 Å². The molecule has 0 aromatic carbocycles. The van der Waals surface area contributed by atoms with E-state index in [-0.39, 0.29) is 0 Å². The second-order valence-electron chi connectivity index (χ2n) is 6.17. The molecule has 2 aliphatic rings. The number of rotatable bonds is 4. The van der Waals surface area contributed by atoms with Crippen molar-refractivity contribution in [3.05, 3.63) is 33.1 Å². The summed E-state index contributed by atoms with van der Waals surface area (Å²) in [6.07, 6.45) is -7.24. The molecule has 1 aromatic rings. The third-order valence-corrected chi connectivity index (χ3v) is 6.39. The summed E-state index contributed by atoms with van der Waals surface area (Å²) in [5.41, 5.74) is -3.94. The van der Waals surface area contributed by atoms with Gasteiger partial charge < -0.3 is 18.9 Å². The first-order valence-corrected chi connectivity index (χ1v) is 10.2. The van der Waals surface area contributed by atoms with Crippen molar-refractivity contribution in [1.82, 2.24) is 9.55 Å². The largest absolute Gasteiger partial charge is 0.386 e. The zero-order valence-electron chi connectivity index (χ0n) is 13.7. The Balaban J connectivity index is 1.99. The van der Waals surface area contributed by atoms with Crippen molar-refractivity contribution in [3.63, 3.8) is 0 Å². The van der Waals surface area contributed by atoms with E-state index >= 15 is 0 Å². The Labute approximate surface area is 151 Å². The van der Waals surface area contributed by atoms with Gasteiger partial charge in [-0.15, -0.1) is 0 Å². The summed E-state index contributed by atoms with van der Waals surface area (Å²) in [6, 6.07) is 0.998. The molecule has 1 unspecified atom stereocenters. The molecule has 2 N–H and O–H groups in total. The van der Waals surface area contributed by atoms with E-state index in [0.717, 1.165) is 16.8 Å². The number of nitrogens with zero attached hydrogens (tertiary/aromatic N) is 1. The van der Waals surface area contributed by atoms with Crippen LogP contribution < -0.4 is 11.2 Å². The van der Waals surface area contributed by atoms with Crippen molar-refractivity contribution >= 4 is 18.5 Å². The van der Waals surface area contributed by atoms with Gasteiger partial charge in [-0.1, -0.05) is 0 Å². The quantitative estimate of drug-likeness (QED) is 0.685. The minimum Gasteiger partial charge on any atom is -0.386 e. The molecule has 0 aliphatic carbocycles. The first-order chi connectivity index (χ1) is 12.1. The van der Waals surface area contributed by atoms with Crippen molar-refractivity contribution in [2.45, 2.75) is 50.4 Å². The number of alkyl halides is 2. The minimum atomic E-state index is -3.38.